The fourth-order valence-electron chi connectivity index (χ4n) is 2.51. The van der Waals surface area contributed by atoms with Gasteiger partial charge in [0.1, 0.15) is 5.75 Å². The lowest BCUT2D eigenvalue weighted by atomic mass is 9.99. The lowest BCUT2D eigenvalue weighted by Crippen LogP contribution is -2.35. The van der Waals surface area contributed by atoms with Gasteiger partial charge in [-0.15, -0.1) is 21.2 Å². The number of carbonyl (C=O) groups excluding carboxylic acids is 1. The minimum atomic E-state index is -3.74. The molecule has 1 N–H and O–H groups in total. The quantitative estimate of drug-likeness (QED) is 0.744. The van der Waals surface area contributed by atoms with Crippen molar-refractivity contribution in [3.63, 3.8) is 0 Å². The Morgan fingerprint density at radius 3 is 2.46 bits per heavy atom. The molecule has 4 nitrogen and oxygen atoms in total. The lowest BCUT2D eigenvalue weighted by Gasteiger charge is -2.29. The van der Waals surface area contributed by atoms with Gasteiger partial charge in [-0.3, -0.25) is 4.79 Å². The summed E-state index contributed by atoms with van der Waals surface area (Å²) in [6.07, 6.45) is 2.76. The van der Waals surface area contributed by atoms with Gasteiger partial charge in [-0.25, -0.2) is 0 Å². The largest absolute Gasteiger partial charge is 0.487 e. The van der Waals surface area contributed by atoms with Crippen LogP contribution in [0.3, 0.4) is 0 Å². The molecule has 1 aliphatic heterocycles. The van der Waals surface area contributed by atoms with Crippen LogP contribution in [0.4, 0.5) is 14.5 Å². The molecular formula is C16H22Cl2F2N2O2. The van der Waals surface area contributed by atoms with Crippen molar-refractivity contribution in [2.45, 2.75) is 31.8 Å². The predicted octanol–water partition coefficient (Wildman–Crippen LogP) is 4.34. The van der Waals surface area contributed by atoms with E-state index in [1.807, 2.05) is 0 Å². The number of carbonyl (C=O) groups is 1. The SMILES string of the molecule is CC1CCN(CCC(=O)Nc2ccc(OC(F)(F)Cl)cc2)CC1.Cl. The summed E-state index contributed by atoms with van der Waals surface area (Å²) >= 11 is 4.69. The van der Waals surface area contributed by atoms with Crippen molar-refractivity contribution < 1.29 is 18.3 Å². The number of likely N-dealkylation sites (tertiary alicyclic amines) is 1. The average Bonchev–Trinajstić information content (AvgIpc) is 2.47. The summed E-state index contributed by atoms with van der Waals surface area (Å²) in [5.41, 5.74) is -3.20. The fraction of sp³-hybridized carbons (Fsp3) is 0.562. The van der Waals surface area contributed by atoms with Crippen LogP contribution in [0.2, 0.25) is 0 Å². The van der Waals surface area contributed by atoms with Gasteiger partial charge < -0.3 is 15.0 Å². The molecular weight excluding hydrogens is 361 g/mol. The van der Waals surface area contributed by atoms with Gasteiger partial charge in [-0.05, 0) is 56.1 Å². The zero-order valence-corrected chi connectivity index (χ0v) is 15.0. The third kappa shape index (κ3) is 7.64. The first-order chi connectivity index (χ1) is 10.8. The first-order valence-corrected chi connectivity index (χ1v) is 8.07. The number of piperidine rings is 1. The normalized spacial score (nSPS) is 16.3. The highest BCUT2D eigenvalue weighted by Crippen LogP contribution is 2.26. The van der Waals surface area contributed by atoms with E-state index in [0.717, 1.165) is 25.6 Å². The third-order valence-corrected chi connectivity index (χ3v) is 3.98. The van der Waals surface area contributed by atoms with Crippen LogP contribution in [0.1, 0.15) is 26.2 Å². The molecule has 1 fully saturated rings. The van der Waals surface area contributed by atoms with Crippen LogP contribution < -0.4 is 10.1 Å². The Labute approximate surface area is 151 Å². The van der Waals surface area contributed by atoms with E-state index in [0.29, 0.717) is 12.1 Å². The van der Waals surface area contributed by atoms with Crippen LogP contribution in [-0.4, -0.2) is 36.0 Å². The Kier molecular flexibility index (Phi) is 8.19. The van der Waals surface area contributed by atoms with E-state index < -0.39 is 5.57 Å². The number of rotatable bonds is 6. The summed E-state index contributed by atoms with van der Waals surface area (Å²) in [4.78, 5) is 14.2. The standard InChI is InChI=1S/C16H21ClF2N2O2.ClH/c1-12-6-9-21(10-7-12)11-8-15(22)20-13-2-4-14(5-3-13)23-16(17,18)19;/h2-5,12H,6-11H2,1H3,(H,20,22);1H. The molecule has 1 aromatic carbocycles. The summed E-state index contributed by atoms with van der Waals surface area (Å²) in [5, 5.41) is 2.74. The van der Waals surface area contributed by atoms with E-state index >= 15 is 0 Å². The van der Waals surface area contributed by atoms with E-state index in [4.69, 9.17) is 0 Å². The van der Waals surface area contributed by atoms with Gasteiger partial charge in [0, 0.05) is 30.3 Å². The van der Waals surface area contributed by atoms with Gasteiger partial charge in [0.2, 0.25) is 5.91 Å². The van der Waals surface area contributed by atoms with E-state index in [2.05, 4.69) is 33.5 Å². The van der Waals surface area contributed by atoms with Crippen molar-refractivity contribution in [2.24, 2.45) is 5.92 Å². The van der Waals surface area contributed by atoms with Crippen molar-refractivity contribution in [1.82, 2.24) is 4.90 Å². The summed E-state index contributed by atoms with van der Waals surface area (Å²) in [5.74, 6) is 0.603. The Morgan fingerprint density at radius 1 is 1.33 bits per heavy atom. The van der Waals surface area contributed by atoms with Crippen LogP contribution in [-0.2, 0) is 4.79 Å². The van der Waals surface area contributed by atoms with Gasteiger partial charge in [-0.1, -0.05) is 6.92 Å². The fourth-order valence-corrected chi connectivity index (χ4v) is 2.60. The van der Waals surface area contributed by atoms with Crippen molar-refractivity contribution in [1.29, 1.82) is 0 Å². The number of halogens is 4. The van der Waals surface area contributed by atoms with Crippen LogP contribution >= 0.6 is 24.0 Å². The number of anilines is 1. The lowest BCUT2D eigenvalue weighted by molar-refractivity contribution is -0.116. The van der Waals surface area contributed by atoms with Gasteiger partial charge >= 0.3 is 5.57 Å². The molecule has 24 heavy (non-hydrogen) atoms. The molecule has 0 atom stereocenters. The van der Waals surface area contributed by atoms with Crippen LogP contribution in [0.15, 0.2) is 24.3 Å². The van der Waals surface area contributed by atoms with Gasteiger partial charge in [0.25, 0.3) is 0 Å². The molecule has 1 aliphatic rings. The number of nitrogens with one attached hydrogen (secondary N) is 1. The molecule has 0 radical (unpaired) electrons. The van der Waals surface area contributed by atoms with Gasteiger partial charge in [0.05, 0.1) is 0 Å². The highest BCUT2D eigenvalue weighted by Gasteiger charge is 2.27. The molecule has 0 saturated carbocycles. The summed E-state index contributed by atoms with van der Waals surface area (Å²) in [6.45, 7) is 5.05. The number of amides is 1. The number of alkyl halides is 3. The Morgan fingerprint density at radius 2 is 1.92 bits per heavy atom. The molecule has 0 spiro atoms. The second-order valence-corrected chi connectivity index (χ2v) is 6.33. The Bertz CT molecular complexity index is 516. The van der Waals surface area contributed by atoms with Crippen molar-refractivity contribution in [2.75, 3.05) is 25.0 Å². The van der Waals surface area contributed by atoms with Crippen LogP contribution in [0.25, 0.3) is 0 Å². The second kappa shape index (κ2) is 9.39. The highest BCUT2D eigenvalue weighted by molar-refractivity contribution is 6.20. The van der Waals surface area contributed by atoms with E-state index in [1.54, 1.807) is 0 Å². The molecule has 0 aliphatic carbocycles. The predicted molar refractivity (Wildman–Crippen MR) is 93.2 cm³/mol. The Balaban J connectivity index is 0.00000288. The van der Waals surface area contributed by atoms with E-state index in [-0.39, 0.29) is 24.1 Å². The molecule has 2 rings (SSSR count). The molecule has 0 unspecified atom stereocenters. The second-order valence-electron chi connectivity index (χ2n) is 5.89. The minimum Gasteiger partial charge on any atom is -0.420 e. The van der Waals surface area contributed by atoms with Crippen LogP contribution in [0, 0.1) is 5.92 Å². The van der Waals surface area contributed by atoms with Crippen molar-refractivity contribution in [3.05, 3.63) is 24.3 Å². The summed E-state index contributed by atoms with van der Waals surface area (Å²) in [6, 6.07) is 5.66. The molecule has 1 heterocycles. The molecule has 0 aromatic heterocycles. The highest BCUT2D eigenvalue weighted by atomic mass is 35.5. The summed E-state index contributed by atoms with van der Waals surface area (Å²) in [7, 11) is 0. The molecule has 8 heteroatoms. The molecule has 136 valence electrons. The minimum absolute atomic E-state index is 0. The molecule has 1 amide bonds. The maximum Gasteiger partial charge on any atom is 0.487 e. The third-order valence-electron chi connectivity index (χ3n) is 3.90. The molecule has 1 aromatic rings. The average molecular weight is 383 g/mol. The number of ether oxygens (including phenoxy) is 1. The van der Waals surface area contributed by atoms with Gasteiger partial charge in [0.15, 0.2) is 0 Å². The van der Waals surface area contributed by atoms with Crippen LogP contribution in [0.5, 0.6) is 5.75 Å². The first kappa shape index (κ1) is 20.9. The van der Waals surface area contributed by atoms with Gasteiger partial charge in [-0.2, -0.15) is 0 Å². The van der Waals surface area contributed by atoms with Crippen molar-refractivity contribution >= 4 is 35.6 Å². The smallest absolute Gasteiger partial charge is 0.420 e. The maximum atomic E-state index is 12.5. The topological polar surface area (TPSA) is 41.6 Å². The molecule has 1 saturated heterocycles. The number of hydrogen-bond acceptors (Lipinski definition) is 3. The zero-order valence-electron chi connectivity index (χ0n) is 13.4. The first-order valence-electron chi connectivity index (χ1n) is 7.70. The molecule has 0 bridgehead atoms. The number of benzene rings is 1. The number of nitrogens with zero attached hydrogens (tertiary/aromatic N) is 1. The zero-order chi connectivity index (χ0) is 16.9. The number of hydrogen-bond donors (Lipinski definition) is 1. The monoisotopic (exact) mass is 382 g/mol. The maximum absolute atomic E-state index is 12.5. The van der Waals surface area contributed by atoms with Crippen molar-refractivity contribution in [3.8, 4) is 5.75 Å². The summed E-state index contributed by atoms with van der Waals surface area (Å²) < 4.78 is 29.2. The van der Waals surface area contributed by atoms with E-state index in [9.17, 15) is 13.6 Å². The Hall–Kier alpha value is -1.11. The van der Waals surface area contributed by atoms with E-state index in [1.165, 1.54) is 37.1 Å².